The van der Waals surface area contributed by atoms with E-state index in [1.54, 1.807) is 33.7 Å². The summed E-state index contributed by atoms with van der Waals surface area (Å²) >= 11 is 1.70. The highest BCUT2D eigenvalue weighted by Crippen LogP contribution is 2.39. The molecule has 9 heteroatoms. The van der Waals surface area contributed by atoms with E-state index in [4.69, 9.17) is 5.10 Å². The third-order valence-electron chi connectivity index (χ3n) is 6.49. The van der Waals surface area contributed by atoms with Crippen LogP contribution in [0.4, 0.5) is 15.8 Å². The number of carbonyl (C=O) groups excluding carboxylic acids is 2. The van der Waals surface area contributed by atoms with Gasteiger partial charge in [-0.3, -0.25) is 9.59 Å². The van der Waals surface area contributed by atoms with Gasteiger partial charge in [-0.1, -0.05) is 30.3 Å². The van der Waals surface area contributed by atoms with Crippen molar-refractivity contribution in [3.63, 3.8) is 0 Å². The number of benzene rings is 2. The Kier molecular flexibility index (Phi) is 6.77. The average Bonchev–Trinajstić information content (AvgIpc) is 3.24. The quantitative estimate of drug-likeness (QED) is 0.540. The SMILES string of the molecule is Cc1nn(-c2ccccc2)c2c1N(C(=O)CCC(=O)N1CCN(c3ccccc3F)CC1)CCS2. The molecule has 2 aromatic carbocycles. The Hall–Kier alpha value is -3.33. The summed E-state index contributed by atoms with van der Waals surface area (Å²) in [5.74, 6) is 0.445. The van der Waals surface area contributed by atoms with E-state index >= 15 is 0 Å². The van der Waals surface area contributed by atoms with Crippen LogP contribution in [-0.2, 0) is 9.59 Å². The van der Waals surface area contributed by atoms with E-state index in [-0.39, 0.29) is 30.5 Å². The lowest BCUT2D eigenvalue weighted by Gasteiger charge is -2.36. The van der Waals surface area contributed by atoms with E-state index in [0.29, 0.717) is 38.4 Å². The number of anilines is 2. The summed E-state index contributed by atoms with van der Waals surface area (Å²) < 4.78 is 16.0. The van der Waals surface area contributed by atoms with Crippen molar-refractivity contribution in [1.29, 1.82) is 0 Å². The molecule has 0 radical (unpaired) electrons. The second kappa shape index (κ2) is 10.1. The van der Waals surface area contributed by atoms with Crippen LogP contribution >= 0.6 is 11.8 Å². The van der Waals surface area contributed by atoms with E-state index in [9.17, 15) is 14.0 Å². The number of carbonyl (C=O) groups is 2. The van der Waals surface area contributed by atoms with E-state index in [0.717, 1.165) is 27.8 Å². The van der Waals surface area contributed by atoms with E-state index in [1.807, 2.05) is 52.9 Å². The second-order valence-electron chi connectivity index (χ2n) is 8.70. The van der Waals surface area contributed by atoms with Gasteiger partial charge in [-0.2, -0.15) is 5.10 Å². The van der Waals surface area contributed by atoms with Crippen molar-refractivity contribution in [2.45, 2.75) is 24.8 Å². The van der Waals surface area contributed by atoms with Crippen molar-refractivity contribution < 1.29 is 14.0 Å². The topological polar surface area (TPSA) is 61.7 Å². The van der Waals surface area contributed by atoms with Crippen LogP contribution in [-0.4, -0.2) is 65.0 Å². The zero-order valence-electron chi connectivity index (χ0n) is 19.7. The first-order chi connectivity index (χ1) is 17.0. The lowest BCUT2D eigenvalue weighted by Crippen LogP contribution is -2.49. The van der Waals surface area contributed by atoms with Crippen molar-refractivity contribution in [3.8, 4) is 5.69 Å². The number of para-hydroxylation sites is 2. The molecule has 0 saturated carbocycles. The molecule has 0 unspecified atom stereocenters. The van der Waals surface area contributed by atoms with Crippen LogP contribution in [0.5, 0.6) is 0 Å². The fourth-order valence-electron chi connectivity index (χ4n) is 4.69. The van der Waals surface area contributed by atoms with Gasteiger partial charge in [0.15, 0.2) is 0 Å². The number of halogens is 1. The van der Waals surface area contributed by atoms with Crippen LogP contribution in [0.15, 0.2) is 59.6 Å². The van der Waals surface area contributed by atoms with Gasteiger partial charge < -0.3 is 14.7 Å². The summed E-state index contributed by atoms with van der Waals surface area (Å²) in [7, 11) is 0. The summed E-state index contributed by atoms with van der Waals surface area (Å²) in [5.41, 5.74) is 3.18. The molecule has 0 aliphatic carbocycles. The maximum atomic E-state index is 14.1. The molecule has 2 amide bonds. The van der Waals surface area contributed by atoms with Crippen LogP contribution in [0.2, 0.25) is 0 Å². The standard InChI is InChI=1S/C26H28FN5O2S/c1-19-25-26(32(28-19)20-7-3-2-4-8-20)35-18-17-31(25)24(34)12-11-23(33)30-15-13-29(14-16-30)22-10-6-5-9-21(22)27/h2-10H,11-18H2,1H3. The molecule has 35 heavy (non-hydrogen) atoms. The van der Waals surface area contributed by atoms with Crippen molar-refractivity contribution in [2.24, 2.45) is 0 Å². The number of aryl methyl sites for hydroxylation is 1. The maximum Gasteiger partial charge on any atom is 0.227 e. The minimum Gasteiger partial charge on any atom is -0.366 e. The van der Waals surface area contributed by atoms with E-state index in [1.165, 1.54) is 6.07 Å². The molecule has 1 saturated heterocycles. The van der Waals surface area contributed by atoms with Crippen molar-refractivity contribution in [1.82, 2.24) is 14.7 Å². The Balaban J connectivity index is 1.20. The number of hydrogen-bond acceptors (Lipinski definition) is 5. The summed E-state index contributed by atoms with van der Waals surface area (Å²) in [6.07, 6.45) is 0.329. The zero-order chi connectivity index (χ0) is 24.4. The molecule has 5 rings (SSSR count). The predicted octanol–water partition coefficient (Wildman–Crippen LogP) is 3.89. The Morgan fingerprint density at radius 1 is 0.914 bits per heavy atom. The van der Waals surface area contributed by atoms with Crippen LogP contribution in [0.3, 0.4) is 0 Å². The third kappa shape index (κ3) is 4.77. The van der Waals surface area contributed by atoms with Crippen LogP contribution in [0, 0.1) is 12.7 Å². The Bertz CT molecular complexity index is 1220. The molecular weight excluding hydrogens is 465 g/mol. The van der Waals surface area contributed by atoms with Gasteiger partial charge in [0.25, 0.3) is 0 Å². The smallest absolute Gasteiger partial charge is 0.227 e. The number of aromatic nitrogens is 2. The molecular formula is C26H28FN5O2S. The number of hydrogen-bond donors (Lipinski definition) is 0. The molecule has 0 N–H and O–H groups in total. The Morgan fingerprint density at radius 3 is 2.34 bits per heavy atom. The molecule has 3 aromatic rings. The van der Waals surface area contributed by atoms with Gasteiger partial charge in [0.1, 0.15) is 10.8 Å². The molecule has 0 atom stereocenters. The second-order valence-corrected chi connectivity index (χ2v) is 9.78. The van der Waals surface area contributed by atoms with Gasteiger partial charge in [0.2, 0.25) is 11.8 Å². The first-order valence-corrected chi connectivity index (χ1v) is 12.9. The normalized spacial score (nSPS) is 15.8. The van der Waals surface area contributed by atoms with Crippen LogP contribution in [0.25, 0.3) is 5.69 Å². The first kappa shape index (κ1) is 23.4. The number of fused-ring (bicyclic) bond motifs is 1. The molecule has 182 valence electrons. The molecule has 7 nitrogen and oxygen atoms in total. The van der Waals surface area contributed by atoms with Crippen molar-refractivity contribution in [2.75, 3.05) is 48.3 Å². The van der Waals surface area contributed by atoms with Gasteiger partial charge in [-0.05, 0) is 31.2 Å². The summed E-state index contributed by atoms with van der Waals surface area (Å²) in [6, 6.07) is 16.6. The lowest BCUT2D eigenvalue weighted by molar-refractivity contribution is -0.133. The number of rotatable bonds is 5. The molecule has 0 bridgehead atoms. The summed E-state index contributed by atoms with van der Waals surface area (Å²) in [4.78, 5) is 31.5. The third-order valence-corrected chi connectivity index (χ3v) is 7.52. The van der Waals surface area contributed by atoms with Gasteiger partial charge in [-0.25, -0.2) is 9.07 Å². The lowest BCUT2D eigenvalue weighted by atomic mass is 10.2. The highest BCUT2D eigenvalue weighted by atomic mass is 32.2. The zero-order valence-corrected chi connectivity index (χ0v) is 20.5. The number of amides is 2. The first-order valence-electron chi connectivity index (χ1n) is 11.9. The van der Waals surface area contributed by atoms with Crippen LogP contribution in [0.1, 0.15) is 18.5 Å². The van der Waals surface area contributed by atoms with Crippen molar-refractivity contribution >= 4 is 35.0 Å². The Morgan fingerprint density at radius 2 is 1.60 bits per heavy atom. The van der Waals surface area contributed by atoms with Gasteiger partial charge in [-0.15, -0.1) is 11.8 Å². The number of piperazine rings is 1. The summed E-state index contributed by atoms with van der Waals surface area (Å²) in [6.45, 7) is 4.72. The fourth-order valence-corrected chi connectivity index (χ4v) is 5.82. The van der Waals surface area contributed by atoms with Crippen LogP contribution < -0.4 is 9.80 Å². The van der Waals surface area contributed by atoms with E-state index in [2.05, 4.69) is 0 Å². The molecule has 1 aromatic heterocycles. The minimum absolute atomic E-state index is 0.0326. The largest absolute Gasteiger partial charge is 0.366 e. The molecule has 2 aliphatic rings. The maximum absolute atomic E-state index is 14.1. The minimum atomic E-state index is -0.247. The highest BCUT2D eigenvalue weighted by Gasteiger charge is 2.30. The molecule has 1 fully saturated rings. The average molecular weight is 494 g/mol. The van der Waals surface area contributed by atoms with Gasteiger partial charge in [0, 0.05) is 51.3 Å². The Labute approximate surface area is 208 Å². The number of thioether (sulfide) groups is 1. The monoisotopic (exact) mass is 493 g/mol. The fraction of sp³-hybridized carbons (Fsp3) is 0.346. The highest BCUT2D eigenvalue weighted by molar-refractivity contribution is 7.99. The summed E-state index contributed by atoms with van der Waals surface area (Å²) in [5, 5.41) is 5.66. The number of nitrogens with zero attached hydrogens (tertiary/aromatic N) is 5. The van der Waals surface area contributed by atoms with Gasteiger partial charge >= 0.3 is 0 Å². The van der Waals surface area contributed by atoms with Crippen molar-refractivity contribution in [3.05, 3.63) is 66.1 Å². The predicted molar refractivity (Wildman–Crippen MR) is 136 cm³/mol. The molecule has 2 aliphatic heterocycles. The van der Waals surface area contributed by atoms with E-state index < -0.39 is 0 Å². The molecule has 3 heterocycles. The molecule has 0 spiro atoms. The van der Waals surface area contributed by atoms with Gasteiger partial charge in [0.05, 0.1) is 22.8 Å².